The van der Waals surface area contributed by atoms with Crippen molar-refractivity contribution >= 4 is 23.1 Å². The molecule has 84 valence electrons. The highest BCUT2D eigenvalue weighted by atomic mass is 32.2. The quantitative estimate of drug-likeness (QED) is 0.880. The minimum Gasteiger partial charge on any atom is -0.313 e. The summed E-state index contributed by atoms with van der Waals surface area (Å²) in [5.41, 5.74) is 1.23. The normalized spacial score (nSPS) is 10.6. The van der Waals surface area contributed by atoms with E-state index in [9.17, 15) is 0 Å². The maximum Gasteiger partial charge on any atom is 0.101 e. The Balaban J connectivity index is 1.96. The Morgan fingerprint density at radius 2 is 2.31 bits per heavy atom. The van der Waals surface area contributed by atoms with Crippen LogP contribution in [0.2, 0.25) is 0 Å². The number of hydrogen-bond donors (Lipinski definition) is 1. The first-order chi connectivity index (χ1) is 7.88. The van der Waals surface area contributed by atoms with Crippen molar-refractivity contribution in [1.82, 2.24) is 10.3 Å². The van der Waals surface area contributed by atoms with Crippen LogP contribution >= 0.6 is 23.1 Å². The molecule has 0 fully saturated rings. The molecule has 0 aliphatic rings. The third kappa shape index (κ3) is 3.33. The highest BCUT2D eigenvalue weighted by molar-refractivity contribution is 8.01. The molecule has 4 heteroatoms. The van der Waals surface area contributed by atoms with Gasteiger partial charge in [-0.15, -0.1) is 11.3 Å². The van der Waals surface area contributed by atoms with E-state index >= 15 is 0 Å². The van der Waals surface area contributed by atoms with Gasteiger partial charge < -0.3 is 5.32 Å². The first kappa shape index (κ1) is 11.6. The van der Waals surface area contributed by atoms with E-state index in [1.807, 2.05) is 6.20 Å². The molecule has 0 atom stereocenters. The summed E-state index contributed by atoms with van der Waals surface area (Å²) in [4.78, 5) is 4.44. The van der Waals surface area contributed by atoms with Crippen molar-refractivity contribution in [2.75, 3.05) is 6.54 Å². The first-order valence-electron chi connectivity index (χ1n) is 5.25. The molecule has 2 heterocycles. The van der Waals surface area contributed by atoms with E-state index in [1.54, 1.807) is 23.1 Å². The van der Waals surface area contributed by atoms with Crippen LogP contribution < -0.4 is 5.32 Å². The van der Waals surface area contributed by atoms with Gasteiger partial charge in [-0.3, -0.25) is 0 Å². The highest BCUT2D eigenvalue weighted by Crippen LogP contribution is 2.29. The Morgan fingerprint density at radius 3 is 2.94 bits per heavy atom. The molecule has 0 saturated carbocycles. The number of nitrogens with zero attached hydrogens (tertiary/aromatic N) is 1. The van der Waals surface area contributed by atoms with Crippen LogP contribution in [0, 0.1) is 0 Å². The lowest BCUT2D eigenvalue weighted by atomic mass is 10.3. The van der Waals surface area contributed by atoms with Gasteiger partial charge in [0.15, 0.2) is 0 Å². The summed E-state index contributed by atoms with van der Waals surface area (Å²) in [5, 5.41) is 6.43. The third-order valence-electron chi connectivity index (χ3n) is 2.08. The molecule has 0 amide bonds. The molecular weight excluding hydrogens is 236 g/mol. The Bertz CT molecular complexity index is 409. The van der Waals surface area contributed by atoms with Crippen molar-refractivity contribution in [3.05, 3.63) is 41.4 Å². The molecule has 0 bridgehead atoms. The molecular formula is C12H14N2S2. The van der Waals surface area contributed by atoms with Crippen LogP contribution in [0.5, 0.6) is 0 Å². The van der Waals surface area contributed by atoms with E-state index < -0.39 is 0 Å². The topological polar surface area (TPSA) is 24.9 Å². The van der Waals surface area contributed by atoms with Gasteiger partial charge in [-0.2, -0.15) is 0 Å². The fourth-order valence-electron chi connectivity index (χ4n) is 1.27. The zero-order chi connectivity index (χ0) is 11.2. The zero-order valence-electron chi connectivity index (χ0n) is 9.14. The van der Waals surface area contributed by atoms with Gasteiger partial charge in [-0.1, -0.05) is 30.8 Å². The van der Waals surface area contributed by atoms with Crippen molar-refractivity contribution in [3.63, 3.8) is 0 Å². The Morgan fingerprint density at radius 1 is 1.38 bits per heavy atom. The van der Waals surface area contributed by atoms with E-state index in [-0.39, 0.29) is 0 Å². The van der Waals surface area contributed by atoms with Gasteiger partial charge in [-0.05, 0) is 29.6 Å². The van der Waals surface area contributed by atoms with Gasteiger partial charge in [0, 0.05) is 12.7 Å². The second-order valence-corrected chi connectivity index (χ2v) is 5.59. The second-order valence-electron chi connectivity index (χ2n) is 3.32. The summed E-state index contributed by atoms with van der Waals surface area (Å²) in [6, 6.07) is 8.39. The molecule has 2 aromatic heterocycles. The molecule has 0 spiro atoms. The summed E-state index contributed by atoms with van der Waals surface area (Å²) in [6.07, 6.45) is 1.94. The molecule has 0 saturated heterocycles. The molecule has 2 nitrogen and oxygen atoms in total. The Labute approximate surface area is 104 Å². The smallest absolute Gasteiger partial charge is 0.101 e. The van der Waals surface area contributed by atoms with E-state index in [0.717, 1.165) is 18.1 Å². The van der Waals surface area contributed by atoms with Crippen LogP contribution in [-0.4, -0.2) is 11.5 Å². The number of thiophene rings is 1. The average molecular weight is 250 g/mol. The van der Waals surface area contributed by atoms with E-state index in [2.05, 4.69) is 46.9 Å². The lowest BCUT2D eigenvalue weighted by Crippen LogP contribution is -2.11. The van der Waals surface area contributed by atoms with Gasteiger partial charge in [0.05, 0.1) is 4.21 Å². The number of nitrogens with one attached hydrogen (secondary N) is 1. The summed E-state index contributed by atoms with van der Waals surface area (Å²) < 4.78 is 1.28. The maximum absolute atomic E-state index is 4.44. The maximum atomic E-state index is 4.44. The van der Waals surface area contributed by atoms with Crippen molar-refractivity contribution < 1.29 is 0 Å². The molecule has 2 rings (SSSR count). The van der Waals surface area contributed by atoms with Crippen LogP contribution in [0.15, 0.2) is 45.1 Å². The molecule has 16 heavy (non-hydrogen) atoms. The lowest BCUT2D eigenvalue weighted by molar-refractivity contribution is 0.723. The van der Waals surface area contributed by atoms with Crippen LogP contribution in [0.25, 0.3) is 0 Å². The van der Waals surface area contributed by atoms with E-state index in [1.165, 1.54) is 9.77 Å². The van der Waals surface area contributed by atoms with Gasteiger partial charge in [0.1, 0.15) is 5.03 Å². The van der Waals surface area contributed by atoms with Crippen molar-refractivity contribution in [1.29, 1.82) is 0 Å². The van der Waals surface area contributed by atoms with E-state index in [0.29, 0.717) is 0 Å². The SMILES string of the molecule is CCNCc1ccc(Sc2cccs2)nc1. The number of rotatable bonds is 5. The molecule has 0 radical (unpaired) electrons. The second kappa shape index (κ2) is 6.03. The van der Waals surface area contributed by atoms with Crippen molar-refractivity contribution in [2.45, 2.75) is 22.7 Å². The molecule has 0 aromatic carbocycles. The Kier molecular flexibility index (Phi) is 4.39. The third-order valence-corrected chi connectivity index (χ3v) is 4.07. The first-order valence-corrected chi connectivity index (χ1v) is 6.95. The average Bonchev–Trinajstić information content (AvgIpc) is 2.81. The zero-order valence-corrected chi connectivity index (χ0v) is 10.8. The lowest BCUT2D eigenvalue weighted by Gasteiger charge is -2.02. The predicted octanol–water partition coefficient (Wildman–Crippen LogP) is 3.40. The monoisotopic (exact) mass is 250 g/mol. The predicted molar refractivity (Wildman–Crippen MR) is 70.1 cm³/mol. The standard InChI is InChI=1S/C12H14N2S2/c1-2-13-8-10-5-6-11(14-9-10)16-12-4-3-7-15-12/h3-7,9,13H,2,8H2,1H3. The van der Waals surface area contributed by atoms with Gasteiger partial charge in [-0.25, -0.2) is 4.98 Å². The minimum atomic E-state index is 0.896. The molecule has 0 unspecified atom stereocenters. The number of aromatic nitrogens is 1. The van der Waals surface area contributed by atoms with Crippen LogP contribution in [0.4, 0.5) is 0 Å². The number of pyridine rings is 1. The van der Waals surface area contributed by atoms with Gasteiger partial charge >= 0.3 is 0 Å². The van der Waals surface area contributed by atoms with Crippen LogP contribution in [0.3, 0.4) is 0 Å². The van der Waals surface area contributed by atoms with Crippen molar-refractivity contribution in [2.24, 2.45) is 0 Å². The molecule has 2 aromatic rings. The van der Waals surface area contributed by atoms with E-state index in [4.69, 9.17) is 0 Å². The number of hydrogen-bond acceptors (Lipinski definition) is 4. The molecule has 1 N–H and O–H groups in total. The molecule has 0 aliphatic heterocycles. The molecule has 0 aliphatic carbocycles. The Hall–Kier alpha value is -0.840. The van der Waals surface area contributed by atoms with Crippen molar-refractivity contribution in [3.8, 4) is 0 Å². The largest absolute Gasteiger partial charge is 0.313 e. The fourth-order valence-corrected chi connectivity index (χ4v) is 2.93. The minimum absolute atomic E-state index is 0.896. The summed E-state index contributed by atoms with van der Waals surface area (Å²) in [6.45, 7) is 3.99. The summed E-state index contributed by atoms with van der Waals surface area (Å²) >= 11 is 3.46. The summed E-state index contributed by atoms with van der Waals surface area (Å²) in [5.74, 6) is 0. The summed E-state index contributed by atoms with van der Waals surface area (Å²) in [7, 11) is 0. The fraction of sp³-hybridized carbons (Fsp3) is 0.250. The highest BCUT2D eigenvalue weighted by Gasteiger charge is 1.99. The van der Waals surface area contributed by atoms with Gasteiger partial charge in [0.2, 0.25) is 0 Å². The van der Waals surface area contributed by atoms with Crippen LogP contribution in [0.1, 0.15) is 12.5 Å². The van der Waals surface area contributed by atoms with Gasteiger partial charge in [0.25, 0.3) is 0 Å². The van der Waals surface area contributed by atoms with Crippen LogP contribution in [-0.2, 0) is 6.54 Å².